The fourth-order valence-electron chi connectivity index (χ4n) is 4.51. The first kappa shape index (κ1) is 20.9. The number of nitrogens with one attached hydrogen (secondary N) is 1. The van der Waals surface area contributed by atoms with Gasteiger partial charge in [-0.1, -0.05) is 5.16 Å². The molecule has 168 valence electrons. The van der Waals surface area contributed by atoms with Crippen LogP contribution in [0.3, 0.4) is 0 Å². The smallest absolute Gasteiger partial charge is 0.259 e. The Hall–Kier alpha value is -2.93. The third-order valence-electron chi connectivity index (χ3n) is 6.67. The van der Waals surface area contributed by atoms with Crippen LogP contribution in [0.25, 0.3) is 22.4 Å². The predicted molar refractivity (Wildman–Crippen MR) is 123 cm³/mol. The van der Waals surface area contributed by atoms with E-state index in [1.165, 1.54) is 0 Å². The van der Waals surface area contributed by atoms with Gasteiger partial charge in [0.05, 0.1) is 18.1 Å². The molecule has 0 unspecified atom stereocenters. The second-order valence-corrected chi connectivity index (χ2v) is 9.19. The molecule has 32 heavy (non-hydrogen) atoms. The largest absolute Gasteiger partial charge is 0.497 e. The molecule has 1 saturated carbocycles. The van der Waals surface area contributed by atoms with Crippen molar-refractivity contribution < 1.29 is 14.1 Å². The third kappa shape index (κ3) is 4.09. The summed E-state index contributed by atoms with van der Waals surface area (Å²) in [5.74, 6) is 1.11. The number of benzene rings is 1. The monoisotopic (exact) mass is 434 g/mol. The number of carbonyl (C=O) groups is 1. The Balaban J connectivity index is 1.47. The number of nitrogens with zero attached hydrogens (tertiary/aromatic N) is 3. The second kappa shape index (κ2) is 8.54. The summed E-state index contributed by atoms with van der Waals surface area (Å²) in [5.41, 5.74) is 3.46. The Kier molecular flexibility index (Phi) is 5.59. The van der Waals surface area contributed by atoms with Crippen LogP contribution in [0, 0.1) is 0 Å². The van der Waals surface area contributed by atoms with E-state index in [9.17, 15) is 4.79 Å². The van der Waals surface area contributed by atoms with E-state index in [0.717, 1.165) is 55.8 Å². The first-order chi connectivity index (χ1) is 15.5. The molecule has 0 radical (unpaired) electrons. The van der Waals surface area contributed by atoms with Gasteiger partial charge in [-0.05, 0) is 69.9 Å². The highest BCUT2D eigenvalue weighted by molar-refractivity contribution is 6.09. The van der Waals surface area contributed by atoms with Crippen molar-refractivity contribution in [1.29, 1.82) is 0 Å². The Morgan fingerprint density at radius 1 is 1.16 bits per heavy atom. The summed E-state index contributed by atoms with van der Waals surface area (Å²) in [5, 5.41) is 8.25. The molecule has 0 spiro atoms. The molecule has 1 saturated heterocycles. The van der Waals surface area contributed by atoms with Gasteiger partial charge in [0.25, 0.3) is 11.6 Å². The number of piperidine rings is 1. The number of fused-ring (bicyclic) bond motifs is 1. The van der Waals surface area contributed by atoms with Crippen LogP contribution in [0.4, 0.5) is 0 Å². The maximum atomic E-state index is 13.5. The minimum Gasteiger partial charge on any atom is -0.497 e. The van der Waals surface area contributed by atoms with E-state index in [1.54, 1.807) is 7.11 Å². The van der Waals surface area contributed by atoms with Crippen molar-refractivity contribution in [2.24, 2.45) is 0 Å². The number of aromatic nitrogens is 2. The quantitative estimate of drug-likeness (QED) is 0.620. The third-order valence-corrected chi connectivity index (χ3v) is 6.67. The van der Waals surface area contributed by atoms with Gasteiger partial charge < -0.3 is 19.5 Å². The average molecular weight is 435 g/mol. The number of rotatable bonds is 6. The molecular formula is C25H30N4O3. The summed E-state index contributed by atoms with van der Waals surface area (Å²) in [6.07, 6.45) is 4.13. The molecule has 0 bridgehead atoms. The van der Waals surface area contributed by atoms with Crippen LogP contribution in [0.2, 0.25) is 0 Å². The Labute approximate surface area is 188 Å². The standard InChI is InChI=1S/C25H30N4O3/c1-15(2)29-12-10-18(11-13-29)26-24(30)20-14-21(16-4-5-16)27-25-22(20)23(28-32-25)17-6-8-19(31-3)9-7-17/h6-9,14-16,18H,4-5,10-13H2,1-3H3,(H,26,30). The van der Waals surface area contributed by atoms with E-state index >= 15 is 0 Å². The first-order valence-corrected chi connectivity index (χ1v) is 11.5. The van der Waals surface area contributed by atoms with Crippen molar-refractivity contribution >= 4 is 17.0 Å². The van der Waals surface area contributed by atoms with E-state index < -0.39 is 0 Å². The molecule has 7 nitrogen and oxygen atoms in total. The Morgan fingerprint density at radius 3 is 2.50 bits per heavy atom. The van der Waals surface area contributed by atoms with Crippen LogP contribution < -0.4 is 10.1 Å². The lowest BCUT2D eigenvalue weighted by Crippen LogP contribution is -2.46. The zero-order valence-electron chi connectivity index (χ0n) is 18.9. The minimum atomic E-state index is -0.0692. The Morgan fingerprint density at radius 2 is 1.88 bits per heavy atom. The molecule has 7 heteroatoms. The molecule has 2 aromatic heterocycles. The molecule has 1 N–H and O–H groups in total. The van der Waals surface area contributed by atoms with E-state index in [2.05, 4.69) is 29.2 Å². The number of pyridine rings is 1. The van der Waals surface area contributed by atoms with Gasteiger partial charge in [0, 0.05) is 42.3 Å². The Bertz CT molecular complexity index is 1110. The topological polar surface area (TPSA) is 80.5 Å². The lowest BCUT2D eigenvalue weighted by atomic mass is 10.0. The molecule has 2 aliphatic rings. The van der Waals surface area contributed by atoms with Gasteiger partial charge >= 0.3 is 0 Å². The number of hydrogen-bond acceptors (Lipinski definition) is 6. The molecule has 1 aliphatic carbocycles. The van der Waals surface area contributed by atoms with Gasteiger partial charge in [-0.15, -0.1) is 0 Å². The molecule has 2 fully saturated rings. The van der Waals surface area contributed by atoms with Crippen molar-refractivity contribution in [1.82, 2.24) is 20.4 Å². The summed E-state index contributed by atoms with van der Waals surface area (Å²) in [6, 6.07) is 10.3. The number of ether oxygens (including phenoxy) is 1. The summed E-state index contributed by atoms with van der Waals surface area (Å²) >= 11 is 0. The molecule has 3 heterocycles. The maximum absolute atomic E-state index is 13.5. The second-order valence-electron chi connectivity index (χ2n) is 9.19. The van der Waals surface area contributed by atoms with Gasteiger partial charge in [-0.3, -0.25) is 4.79 Å². The highest BCUT2D eigenvalue weighted by Gasteiger charge is 2.30. The lowest BCUT2D eigenvalue weighted by molar-refractivity contribution is 0.0902. The van der Waals surface area contributed by atoms with E-state index in [1.807, 2.05) is 30.3 Å². The van der Waals surface area contributed by atoms with E-state index in [-0.39, 0.29) is 11.9 Å². The van der Waals surface area contributed by atoms with Crippen molar-refractivity contribution in [3.8, 4) is 17.0 Å². The predicted octanol–water partition coefficient (Wildman–Crippen LogP) is 4.38. The van der Waals surface area contributed by atoms with Crippen LogP contribution in [0.1, 0.15) is 61.5 Å². The lowest BCUT2D eigenvalue weighted by Gasteiger charge is -2.34. The van der Waals surface area contributed by atoms with Gasteiger partial charge in [-0.25, -0.2) is 4.98 Å². The van der Waals surface area contributed by atoms with Crippen molar-refractivity contribution in [2.75, 3.05) is 20.2 Å². The van der Waals surface area contributed by atoms with E-state index in [0.29, 0.717) is 34.3 Å². The van der Waals surface area contributed by atoms with Crippen molar-refractivity contribution in [2.45, 2.75) is 57.5 Å². The van der Waals surface area contributed by atoms with Crippen molar-refractivity contribution in [3.05, 3.63) is 41.6 Å². The summed E-state index contributed by atoms with van der Waals surface area (Å²) in [6.45, 7) is 6.45. The fraction of sp³-hybridized carbons (Fsp3) is 0.480. The molecular weight excluding hydrogens is 404 g/mol. The summed E-state index contributed by atoms with van der Waals surface area (Å²) in [7, 11) is 1.64. The molecule has 5 rings (SSSR count). The fourth-order valence-corrected chi connectivity index (χ4v) is 4.51. The van der Waals surface area contributed by atoms with E-state index in [4.69, 9.17) is 14.2 Å². The zero-order chi connectivity index (χ0) is 22.2. The first-order valence-electron chi connectivity index (χ1n) is 11.5. The van der Waals surface area contributed by atoms with Crippen LogP contribution in [-0.4, -0.2) is 53.2 Å². The van der Waals surface area contributed by atoms with Crippen LogP contribution in [-0.2, 0) is 0 Å². The van der Waals surface area contributed by atoms with Gasteiger partial charge in [0.15, 0.2) is 0 Å². The van der Waals surface area contributed by atoms with Crippen molar-refractivity contribution in [3.63, 3.8) is 0 Å². The van der Waals surface area contributed by atoms with Gasteiger partial charge in [0.1, 0.15) is 11.4 Å². The van der Waals surface area contributed by atoms with Gasteiger partial charge in [-0.2, -0.15) is 0 Å². The zero-order valence-corrected chi connectivity index (χ0v) is 18.9. The highest BCUT2D eigenvalue weighted by atomic mass is 16.5. The number of methoxy groups -OCH3 is 1. The summed E-state index contributed by atoms with van der Waals surface area (Å²) < 4.78 is 10.9. The SMILES string of the molecule is COc1ccc(-c2noc3nc(C4CC4)cc(C(=O)NC4CCN(C(C)C)CC4)c23)cc1. The number of amides is 1. The maximum Gasteiger partial charge on any atom is 0.259 e. The van der Waals surface area contributed by atoms with Crippen LogP contribution in [0.15, 0.2) is 34.9 Å². The molecule has 3 aromatic rings. The van der Waals surface area contributed by atoms with Crippen LogP contribution >= 0.6 is 0 Å². The highest BCUT2D eigenvalue weighted by Crippen LogP contribution is 2.41. The summed E-state index contributed by atoms with van der Waals surface area (Å²) in [4.78, 5) is 20.6. The number of carbonyl (C=O) groups excluding carboxylic acids is 1. The molecule has 0 atom stereocenters. The molecule has 1 amide bonds. The average Bonchev–Trinajstić information content (AvgIpc) is 3.58. The number of hydrogen-bond donors (Lipinski definition) is 1. The minimum absolute atomic E-state index is 0.0692. The molecule has 1 aromatic carbocycles. The molecule has 1 aliphatic heterocycles. The van der Waals surface area contributed by atoms with Gasteiger partial charge in [0.2, 0.25) is 0 Å². The van der Waals surface area contributed by atoms with Crippen LogP contribution in [0.5, 0.6) is 5.75 Å². The number of likely N-dealkylation sites (tertiary alicyclic amines) is 1. The normalized spacial score (nSPS) is 17.8.